The molecule has 10 heteroatoms. The Morgan fingerprint density at radius 3 is 2.48 bits per heavy atom. The van der Waals surface area contributed by atoms with Crippen molar-refractivity contribution in [2.75, 3.05) is 12.8 Å². The van der Waals surface area contributed by atoms with E-state index in [2.05, 4.69) is 15.0 Å². The molecular weight excluding hydrogens is 548 g/mol. The van der Waals surface area contributed by atoms with Gasteiger partial charge in [0.05, 0.1) is 18.2 Å². The lowest BCUT2D eigenvalue weighted by Gasteiger charge is -2.49. The van der Waals surface area contributed by atoms with Gasteiger partial charge in [-0.15, -0.1) is 0 Å². The lowest BCUT2D eigenvalue weighted by atomic mass is 9.76. The summed E-state index contributed by atoms with van der Waals surface area (Å²) in [7, 11) is -3.52. The Hall–Kier alpha value is -3.27. The van der Waals surface area contributed by atoms with Crippen molar-refractivity contribution in [3.05, 3.63) is 100 Å². The zero-order chi connectivity index (χ0) is 28.3. The number of carbonyl (C=O) groups is 2. The van der Waals surface area contributed by atoms with Gasteiger partial charge in [-0.2, -0.15) is 0 Å². The van der Waals surface area contributed by atoms with E-state index in [-0.39, 0.29) is 11.8 Å². The summed E-state index contributed by atoms with van der Waals surface area (Å²) in [6.07, 6.45) is 6.37. The first-order valence-electron chi connectivity index (χ1n) is 13.5. The molecule has 0 saturated heterocycles. The third-order valence-electron chi connectivity index (χ3n) is 7.73. The summed E-state index contributed by atoms with van der Waals surface area (Å²) in [6.45, 7) is 0.386. The maximum atomic E-state index is 14.2. The average Bonchev–Trinajstić information content (AvgIpc) is 2.94. The first-order chi connectivity index (χ1) is 19.2. The van der Waals surface area contributed by atoms with Crippen molar-refractivity contribution in [2.24, 2.45) is 0 Å². The molecule has 0 radical (unpaired) electrons. The molecule has 2 aliphatic rings. The Kier molecular flexibility index (Phi) is 8.54. The number of pyridine rings is 1. The summed E-state index contributed by atoms with van der Waals surface area (Å²) >= 11 is 6.22. The molecule has 1 aliphatic carbocycles. The predicted molar refractivity (Wildman–Crippen MR) is 155 cm³/mol. The lowest BCUT2D eigenvalue weighted by Crippen LogP contribution is -2.59. The molecule has 2 aromatic carbocycles. The van der Waals surface area contributed by atoms with E-state index in [0.29, 0.717) is 42.0 Å². The molecule has 0 bridgehead atoms. The van der Waals surface area contributed by atoms with Crippen LogP contribution in [-0.4, -0.2) is 55.0 Å². The molecule has 4 atom stereocenters. The number of nitrogens with one attached hydrogen (secondary N) is 2. The minimum Gasteiger partial charge on any atom is -0.355 e. The first-order valence-corrected chi connectivity index (χ1v) is 15.8. The van der Waals surface area contributed by atoms with Gasteiger partial charge in [0.2, 0.25) is 15.9 Å². The molecular formula is C30H33ClN4O4S. The number of amides is 2. The maximum absolute atomic E-state index is 14.2. The normalized spacial score (nSPS) is 22.9. The standard InChI is InChI=1S/C30H33ClN4O4S/c1-40(38,39)34-25-11-4-5-12-26(25)35-28(20-13-15-21(31)16-14-20)27(23-9-2-3-10-24(23)30(35)37)29(36)33-19-17-22-8-6-7-18-32-22/h2-3,6-10,13-16,18,25-28,34H,4-5,11-12,17,19H2,1H3,(H,33,36)/t25-,26-,27+,28-/m0/s1. The molecule has 1 fully saturated rings. The van der Waals surface area contributed by atoms with E-state index in [4.69, 9.17) is 11.6 Å². The number of fused-ring (bicyclic) bond motifs is 1. The second-order valence-electron chi connectivity index (χ2n) is 10.5. The van der Waals surface area contributed by atoms with Gasteiger partial charge in [-0.05, 0) is 54.3 Å². The molecule has 5 rings (SSSR count). The van der Waals surface area contributed by atoms with Crippen molar-refractivity contribution < 1.29 is 18.0 Å². The van der Waals surface area contributed by atoms with Crippen LogP contribution in [0.5, 0.6) is 0 Å². The second-order valence-corrected chi connectivity index (χ2v) is 12.7. The molecule has 1 aliphatic heterocycles. The van der Waals surface area contributed by atoms with Crippen molar-refractivity contribution in [1.82, 2.24) is 19.9 Å². The Balaban J connectivity index is 1.57. The number of rotatable bonds is 8. The maximum Gasteiger partial charge on any atom is 0.255 e. The lowest BCUT2D eigenvalue weighted by molar-refractivity contribution is -0.124. The van der Waals surface area contributed by atoms with Crippen LogP contribution in [0.4, 0.5) is 0 Å². The van der Waals surface area contributed by atoms with Gasteiger partial charge in [-0.1, -0.05) is 60.8 Å². The molecule has 210 valence electrons. The van der Waals surface area contributed by atoms with Crippen molar-refractivity contribution in [3.8, 4) is 0 Å². The van der Waals surface area contributed by atoms with E-state index in [1.165, 1.54) is 0 Å². The number of hydrogen-bond acceptors (Lipinski definition) is 5. The van der Waals surface area contributed by atoms with Gasteiger partial charge >= 0.3 is 0 Å². The van der Waals surface area contributed by atoms with Gasteiger partial charge in [0.15, 0.2) is 0 Å². The Morgan fingerprint density at radius 1 is 1.02 bits per heavy atom. The Bertz CT molecular complexity index is 1470. The van der Waals surface area contributed by atoms with Crippen LogP contribution in [-0.2, 0) is 21.2 Å². The highest BCUT2D eigenvalue weighted by Crippen LogP contribution is 2.46. The SMILES string of the molecule is CS(=O)(=O)N[C@H]1CCCC[C@@H]1N1C(=O)c2ccccc2[C@@H](C(=O)NCCc2ccccn2)[C@@H]1c1ccc(Cl)cc1. The summed E-state index contributed by atoms with van der Waals surface area (Å²) in [5, 5.41) is 3.63. The highest BCUT2D eigenvalue weighted by molar-refractivity contribution is 7.88. The zero-order valence-electron chi connectivity index (χ0n) is 22.3. The van der Waals surface area contributed by atoms with Crippen LogP contribution in [0, 0.1) is 0 Å². The fourth-order valence-corrected chi connectivity index (χ4v) is 6.99. The number of hydrogen-bond donors (Lipinski definition) is 2. The number of carbonyl (C=O) groups excluding carboxylic acids is 2. The number of benzene rings is 2. The van der Waals surface area contributed by atoms with E-state index in [1.54, 1.807) is 35.4 Å². The van der Waals surface area contributed by atoms with Crippen LogP contribution in [0.25, 0.3) is 0 Å². The first kappa shape index (κ1) is 28.3. The molecule has 2 N–H and O–H groups in total. The van der Waals surface area contributed by atoms with Gasteiger partial charge in [0.25, 0.3) is 5.91 Å². The molecule has 1 saturated carbocycles. The Labute approximate surface area is 240 Å². The van der Waals surface area contributed by atoms with Gasteiger partial charge < -0.3 is 10.2 Å². The van der Waals surface area contributed by atoms with Crippen LogP contribution in [0.2, 0.25) is 5.02 Å². The average molecular weight is 581 g/mol. The van der Waals surface area contributed by atoms with Crippen molar-refractivity contribution in [1.29, 1.82) is 0 Å². The fourth-order valence-electron chi connectivity index (χ4n) is 6.04. The third-order valence-corrected chi connectivity index (χ3v) is 8.71. The van der Waals surface area contributed by atoms with Crippen LogP contribution in [0.3, 0.4) is 0 Å². The number of sulfonamides is 1. The monoisotopic (exact) mass is 580 g/mol. The molecule has 0 unspecified atom stereocenters. The van der Waals surface area contributed by atoms with E-state index in [1.807, 2.05) is 42.5 Å². The molecule has 40 heavy (non-hydrogen) atoms. The summed E-state index contributed by atoms with van der Waals surface area (Å²) in [5.41, 5.74) is 2.75. The summed E-state index contributed by atoms with van der Waals surface area (Å²) in [5.74, 6) is -1.12. The minimum atomic E-state index is -3.52. The van der Waals surface area contributed by atoms with E-state index < -0.39 is 34.1 Å². The molecule has 8 nitrogen and oxygen atoms in total. The highest BCUT2D eigenvalue weighted by Gasteiger charge is 2.48. The van der Waals surface area contributed by atoms with Crippen LogP contribution in [0.15, 0.2) is 72.9 Å². The summed E-state index contributed by atoms with van der Waals surface area (Å²) < 4.78 is 27.4. The second kappa shape index (κ2) is 12.1. The topological polar surface area (TPSA) is 108 Å². The Morgan fingerprint density at radius 2 is 1.75 bits per heavy atom. The molecule has 2 amide bonds. The van der Waals surface area contributed by atoms with E-state index in [0.717, 1.165) is 30.4 Å². The fraction of sp³-hybridized carbons (Fsp3) is 0.367. The molecule has 3 aromatic rings. The number of halogens is 1. The van der Waals surface area contributed by atoms with Gasteiger partial charge in [-0.25, -0.2) is 13.1 Å². The largest absolute Gasteiger partial charge is 0.355 e. The summed E-state index contributed by atoms with van der Waals surface area (Å²) in [4.78, 5) is 34.4. The minimum absolute atomic E-state index is 0.204. The zero-order valence-corrected chi connectivity index (χ0v) is 23.9. The van der Waals surface area contributed by atoms with Crippen LogP contribution < -0.4 is 10.0 Å². The van der Waals surface area contributed by atoms with Crippen molar-refractivity contribution >= 4 is 33.4 Å². The van der Waals surface area contributed by atoms with E-state index >= 15 is 0 Å². The van der Waals surface area contributed by atoms with Crippen LogP contribution in [0.1, 0.15) is 64.8 Å². The van der Waals surface area contributed by atoms with Gasteiger partial charge in [-0.3, -0.25) is 14.6 Å². The quantitative estimate of drug-likeness (QED) is 0.414. The van der Waals surface area contributed by atoms with Gasteiger partial charge in [0.1, 0.15) is 0 Å². The summed E-state index contributed by atoms with van der Waals surface area (Å²) in [6, 6.07) is 18.5. The molecule has 0 spiro atoms. The third kappa shape index (κ3) is 6.22. The molecule has 1 aromatic heterocycles. The smallest absolute Gasteiger partial charge is 0.255 e. The van der Waals surface area contributed by atoms with E-state index in [9.17, 15) is 18.0 Å². The number of nitrogens with zero attached hydrogens (tertiary/aromatic N) is 2. The predicted octanol–water partition coefficient (Wildman–Crippen LogP) is 4.24. The van der Waals surface area contributed by atoms with Crippen molar-refractivity contribution in [2.45, 2.75) is 56.1 Å². The van der Waals surface area contributed by atoms with Crippen LogP contribution >= 0.6 is 11.6 Å². The van der Waals surface area contributed by atoms with Gasteiger partial charge in [0, 0.05) is 47.5 Å². The van der Waals surface area contributed by atoms with Crippen molar-refractivity contribution in [3.63, 3.8) is 0 Å². The number of aromatic nitrogens is 1. The molecule has 2 heterocycles. The highest BCUT2D eigenvalue weighted by atomic mass is 35.5.